The minimum atomic E-state index is -4.51. The average molecular weight is 522 g/mol. The minimum Gasteiger partial charge on any atom is -0.493 e. The lowest BCUT2D eigenvalue weighted by molar-refractivity contribution is -0.137. The van der Waals surface area contributed by atoms with Crippen molar-refractivity contribution in [3.8, 4) is 11.5 Å². The summed E-state index contributed by atoms with van der Waals surface area (Å²) in [6.45, 7) is 0.102. The monoisotopic (exact) mass is 521 g/mol. The van der Waals surface area contributed by atoms with E-state index < -0.39 is 17.6 Å². The summed E-state index contributed by atoms with van der Waals surface area (Å²) in [5, 5.41) is 2.47. The Morgan fingerprint density at radius 2 is 1.88 bits per heavy atom. The Morgan fingerprint density at radius 3 is 2.58 bits per heavy atom. The van der Waals surface area contributed by atoms with Crippen molar-refractivity contribution < 1.29 is 31.8 Å². The fourth-order valence-electron chi connectivity index (χ4n) is 3.43. The van der Waals surface area contributed by atoms with Crippen molar-refractivity contribution in [3.05, 3.63) is 87.1 Å². The van der Waals surface area contributed by atoms with E-state index in [1.807, 2.05) is 0 Å². The number of halogens is 5. The molecule has 33 heavy (non-hydrogen) atoms. The van der Waals surface area contributed by atoms with E-state index >= 15 is 0 Å². The molecule has 0 unspecified atom stereocenters. The molecule has 0 saturated carbocycles. The fourth-order valence-corrected chi connectivity index (χ4v) is 4.00. The third-order valence-corrected chi connectivity index (χ3v) is 5.55. The Bertz CT molecular complexity index is 1270. The zero-order valence-electron chi connectivity index (χ0n) is 17.1. The number of nitrogens with one attached hydrogen (secondary N) is 1. The van der Waals surface area contributed by atoms with Crippen LogP contribution >= 0.6 is 15.9 Å². The second kappa shape index (κ2) is 8.90. The predicted molar refractivity (Wildman–Crippen MR) is 119 cm³/mol. The number of amides is 1. The van der Waals surface area contributed by atoms with Gasteiger partial charge in [0, 0.05) is 16.8 Å². The lowest BCUT2D eigenvalue weighted by atomic mass is 10.0. The number of methoxy groups -OCH3 is 1. The second-order valence-corrected chi connectivity index (χ2v) is 8.08. The molecule has 1 aliphatic heterocycles. The quantitative estimate of drug-likeness (QED) is 0.300. The molecule has 0 radical (unpaired) electrons. The van der Waals surface area contributed by atoms with Crippen LogP contribution in [-0.4, -0.2) is 13.0 Å². The first-order valence-corrected chi connectivity index (χ1v) is 10.4. The summed E-state index contributed by atoms with van der Waals surface area (Å²) in [7, 11) is 1.45. The molecular formula is C24H16BrF4NO3. The molecule has 1 amide bonds. The van der Waals surface area contributed by atoms with Gasteiger partial charge in [-0.15, -0.1) is 0 Å². The number of hydrogen-bond donors (Lipinski definition) is 1. The highest BCUT2D eigenvalue weighted by molar-refractivity contribution is 9.10. The van der Waals surface area contributed by atoms with Gasteiger partial charge in [0.15, 0.2) is 11.5 Å². The average Bonchev–Trinajstić information content (AvgIpc) is 3.06. The topological polar surface area (TPSA) is 47.6 Å². The molecule has 1 heterocycles. The maximum absolute atomic E-state index is 13.4. The van der Waals surface area contributed by atoms with Crippen LogP contribution in [0.3, 0.4) is 0 Å². The molecule has 3 aromatic carbocycles. The van der Waals surface area contributed by atoms with Gasteiger partial charge in [-0.2, -0.15) is 13.2 Å². The molecule has 0 bridgehead atoms. The van der Waals surface area contributed by atoms with Gasteiger partial charge in [0.05, 0.1) is 17.1 Å². The Balaban J connectivity index is 1.64. The van der Waals surface area contributed by atoms with Crippen molar-refractivity contribution in [2.75, 3.05) is 12.4 Å². The highest BCUT2D eigenvalue weighted by atomic mass is 79.9. The van der Waals surface area contributed by atoms with Gasteiger partial charge in [-0.25, -0.2) is 4.39 Å². The number of carbonyl (C=O) groups excluding carboxylic acids is 1. The minimum absolute atomic E-state index is 0.0992. The molecule has 4 nitrogen and oxygen atoms in total. The van der Waals surface area contributed by atoms with Crippen LogP contribution in [0.1, 0.15) is 22.3 Å². The molecule has 0 aliphatic carbocycles. The van der Waals surface area contributed by atoms with E-state index in [1.165, 1.54) is 25.3 Å². The standard InChI is InChI=1S/C24H16BrF4NO3/c1-32-21-10-14(9-19(25)22(21)33-12-13-3-2-4-16(26)7-13)8-18-17-6-5-15(24(27,28)29)11-20(17)30-23(18)31/h2-11H,12H2,1H3,(H,30,31)/b18-8-. The molecule has 1 aliphatic rings. The van der Waals surface area contributed by atoms with Crippen LogP contribution in [0.2, 0.25) is 0 Å². The van der Waals surface area contributed by atoms with Crippen LogP contribution in [0.4, 0.5) is 23.2 Å². The Labute approximate surface area is 195 Å². The van der Waals surface area contributed by atoms with Crippen LogP contribution in [-0.2, 0) is 17.6 Å². The first-order chi connectivity index (χ1) is 15.7. The molecular weight excluding hydrogens is 506 g/mol. The number of benzene rings is 3. The van der Waals surface area contributed by atoms with E-state index in [0.29, 0.717) is 32.7 Å². The van der Waals surface area contributed by atoms with Gasteiger partial charge in [0.1, 0.15) is 12.4 Å². The van der Waals surface area contributed by atoms with Crippen molar-refractivity contribution in [2.45, 2.75) is 12.8 Å². The van der Waals surface area contributed by atoms with Gasteiger partial charge in [-0.3, -0.25) is 4.79 Å². The molecule has 4 rings (SSSR count). The molecule has 0 atom stereocenters. The fraction of sp³-hybridized carbons (Fsp3) is 0.125. The SMILES string of the molecule is COc1cc(/C=C2\C(=O)Nc3cc(C(F)(F)F)ccc32)cc(Br)c1OCc1cccc(F)c1. The molecule has 0 fully saturated rings. The summed E-state index contributed by atoms with van der Waals surface area (Å²) < 4.78 is 64.1. The lowest BCUT2D eigenvalue weighted by Crippen LogP contribution is -2.06. The molecule has 3 aromatic rings. The third-order valence-electron chi connectivity index (χ3n) is 4.96. The molecule has 9 heteroatoms. The third kappa shape index (κ3) is 4.88. The normalized spacial score (nSPS) is 14.2. The van der Waals surface area contributed by atoms with E-state index in [-0.39, 0.29) is 23.7 Å². The van der Waals surface area contributed by atoms with Crippen LogP contribution in [0.25, 0.3) is 11.6 Å². The summed E-state index contributed by atoms with van der Waals surface area (Å²) in [6, 6.07) is 12.4. The van der Waals surface area contributed by atoms with Crippen LogP contribution < -0.4 is 14.8 Å². The van der Waals surface area contributed by atoms with E-state index in [2.05, 4.69) is 21.2 Å². The summed E-state index contributed by atoms with van der Waals surface area (Å²) in [6.07, 6.45) is -2.95. The van der Waals surface area contributed by atoms with Crippen molar-refractivity contribution >= 4 is 39.2 Å². The zero-order chi connectivity index (χ0) is 23.8. The van der Waals surface area contributed by atoms with Gasteiger partial charge < -0.3 is 14.8 Å². The molecule has 0 aromatic heterocycles. The largest absolute Gasteiger partial charge is 0.493 e. The molecule has 1 N–H and O–H groups in total. The molecule has 0 saturated heterocycles. The van der Waals surface area contributed by atoms with E-state index in [9.17, 15) is 22.4 Å². The van der Waals surface area contributed by atoms with Gasteiger partial charge >= 0.3 is 6.18 Å². The van der Waals surface area contributed by atoms with Gasteiger partial charge in [0.2, 0.25) is 0 Å². The number of fused-ring (bicyclic) bond motifs is 1. The Kier molecular flexibility index (Phi) is 6.16. The number of carbonyl (C=O) groups is 1. The number of anilines is 1. The van der Waals surface area contributed by atoms with Crippen molar-refractivity contribution in [3.63, 3.8) is 0 Å². The van der Waals surface area contributed by atoms with Crippen molar-refractivity contribution in [1.29, 1.82) is 0 Å². The molecule has 0 spiro atoms. The smallest absolute Gasteiger partial charge is 0.416 e. The summed E-state index contributed by atoms with van der Waals surface area (Å²) in [5.41, 5.74) is 1.05. The first kappa shape index (κ1) is 22.8. The van der Waals surface area contributed by atoms with Crippen LogP contribution in [0.5, 0.6) is 11.5 Å². The highest BCUT2D eigenvalue weighted by Gasteiger charge is 2.33. The lowest BCUT2D eigenvalue weighted by Gasteiger charge is -2.14. The zero-order valence-corrected chi connectivity index (χ0v) is 18.7. The van der Waals surface area contributed by atoms with Crippen molar-refractivity contribution in [1.82, 2.24) is 0 Å². The number of rotatable bonds is 5. The van der Waals surface area contributed by atoms with E-state index in [1.54, 1.807) is 30.3 Å². The predicted octanol–water partition coefficient (Wildman–Crippen LogP) is 6.69. The maximum atomic E-state index is 13.4. The summed E-state index contributed by atoms with van der Waals surface area (Å²) in [5.74, 6) is -0.138. The Morgan fingerprint density at radius 1 is 1.09 bits per heavy atom. The van der Waals surface area contributed by atoms with Crippen LogP contribution in [0.15, 0.2) is 59.1 Å². The summed E-state index contributed by atoms with van der Waals surface area (Å²) >= 11 is 3.42. The number of ether oxygens (including phenoxy) is 2. The van der Waals surface area contributed by atoms with Crippen LogP contribution in [0, 0.1) is 5.82 Å². The van der Waals surface area contributed by atoms with Gasteiger partial charge in [-0.05, 0) is 69.5 Å². The highest BCUT2D eigenvalue weighted by Crippen LogP contribution is 2.41. The number of hydrogen-bond acceptors (Lipinski definition) is 3. The van der Waals surface area contributed by atoms with Gasteiger partial charge in [-0.1, -0.05) is 18.2 Å². The number of alkyl halides is 3. The second-order valence-electron chi connectivity index (χ2n) is 7.22. The Hall–Kier alpha value is -3.33. The summed E-state index contributed by atoms with van der Waals surface area (Å²) in [4.78, 5) is 12.4. The van der Waals surface area contributed by atoms with E-state index in [4.69, 9.17) is 9.47 Å². The van der Waals surface area contributed by atoms with Gasteiger partial charge in [0.25, 0.3) is 5.91 Å². The van der Waals surface area contributed by atoms with Crippen molar-refractivity contribution in [2.24, 2.45) is 0 Å². The first-order valence-electron chi connectivity index (χ1n) is 9.65. The maximum Gasteiger partial charge on any atom is 0.416 e. The van der Waals surface area contributed by atoms with E-state index in [0.717, 1.165) is 12.1 Å². The molecule has 170 valence electrons.